The standard InChI is InChI=1S/C21H18FNO4S/c22-18-9-7-16(8-10-18)15-3-5-17(6-4-15)21(24)23-12-20(13-23)28(25,26)14-19-2-1-11-27-19/h1-11,20H,12-14H2. The van der Waals surface area contributed by atoms with Gasteiger partial charge in [-0.05, 0) is 47.5 Å². The largest absolute Gasteiger partial charge is 0.468 e. The van der Waals surface area contributed by atoms with Gasteiger partial charge in [-0.15, -0.1) is 0 Å². The van der Waals surface area contributed by atoms with Gasteiger partial charge in [0.15, 0.2) is 9.84 Å². The van der Waals surface area contributed by atoms with Crippen LogP contribution in [0.2, 0.25) is 0 Å². The number of carbonyl (C=O) groups excluding carboxylic acids is 1. The molecule has 0 atom stereocenters. The van der Waals surface area contributed by atoms with Crippen LogP contribution in [0.1, 0.15) is 16.1 Å². The van der Waals surface area contributed by atoms with Gasteiger partial charge in [-0.25, -0.2) is 12.8 Å². The Labute approximate surface area is 162 Å². The van der Waals surface area contributed by atoms with Crippen molar-refractivity contribution in [1.29, 1.82) is 0 Å². The molecule has 0 radical (unpaired) electrons. The average molecular weight is 399 g/mol. The average Bonchev–Trinajstić information content (AvgIpc) is 3.13. The highest BCUT2D eigenvalue weighted by Gasteiger charge is 2.40. The molecule has 0 N–H and O–H groups in total. The molecule has 1 aliphatic rings. The molecule has 1 aromatic heterocycles. The van der Waals surface area contributed by atoms with Crippen LogP contribution < -0.4 is 0 Å². The van der Waals surface area contributed by atoms with Crippen molar-refractivity contribution in [2.24, 2.45) is 0 Å². The zero-order chi connectivity index (χ0) is 19.7. The second-order valence-corrected chi connectivity index (χ2v) is 9.08. The molecule has 0 unspecified atom stereocenters. The third-order valence-electron chi connectivity index (χ3n) is 4.88. The van der Waals surface area contributed by atoms with Gasteiger partial charge in [0.25, 0.3) is 5.91 Å². The van der Waals surface area contributed by atoms with Crippen LogP contribution in [-0.2, 0) is 15.6 Å². The van der Waals surface area contributed by atoms with Gasteiger partial charge in [0.1, 0.15) is 17.3 Å². The molecule has 0 aliphatic carbocycles. The predicted molar refractivity (Wildman–Crippen MR) is 103 cm³/mol. The summed E-state index contributed by atoms with van der Waals surface area (Å²) in [5.41, 5.74) is 2.22. The molecule has 0 saturated carbocycles. The molecule has 5 nitrogen and oxygen atoms in total. The maximum Gasteiger partial charge on any atom is 0.253 e. The first-order valence-electron chi connectivity index (χ1n) is 8.81. The van der Waals surface area contributed by atoms with Crippen molar-refractivity contribution in [2.45, 2.75) is 11.0 Å². The van der Waals surface area contributed by atoms with E-state index in [2.05, 4.69) is 0 Å². The molecule has 1 aliphatic heterocycles. The van der Waals surface area contributed by atoms with Gasteiger partial charge in [0.05, 0.1) is 11.5 Å². The summed E-state index contributed by atoms with van der Waals surface area (Å²) in [5.74, 6) is -0.250. The smallest absolute Gasteiger partial charge is 0.253 e. The second kappa shape index (κ2) is 7.24. The van der Waals surface area contributed by atoms with Crippen LogP contribution in [0.5, 0.6) is 0 Å². The van der Waals surface area contributed by atoms with Crippen molar-refractivity contribution in [2.75, 3.05) is 13.1 Å². The Morgan fingerprint density at radius 2 is 1.61 bits per heavy atom. The van der Waals surface area contributed by atoms with E-state index in [1.165, 1.54) is 23.3 Å². The lowest BCUT2D eigenvalue weighted by atomic mass is 10.0. The van der Waals surface area contributed by atoms with Crippen molar-refractivity contribution < 1.29 is 22.0 Å². The molecule has 0 bridgehead atoms. The van der Waals surface area contributed by atoms with Crippen LogP contribution in [0.3, 0.4) is 0 Å². The van der Waals surface area contributed by atoms with Gasteiger partial charge < -0.3 is 9.32 Å². The lowest BCUT2D eigenvalue weighted by Gasteiger charge is -2.38. The van der Waals surface area contributed by atoms with E-state index >= 15 is 0 Å². The minimum atomic E-state index is -3.36. The first kappa shape index (κ1) is 18.4. The number of halogens is 1. The van der Waals surface area contributed by atoms with Crippen LogP contribution in [0, 0.1) is 5.82 Å². The lowest BCUT2D eigenvalue weighted by molar-refractivity contribution is 0.0659. The van der Waals surface area contributed by atoms with Crippen LogP contribution in [0.25, 0.3) is 11.1 Å². The second-order valence-electron chi connectivity index (χ2n) is 6.80. The maximum atomic E-state index is 13.0. The number of amides is 1. The Hall–Kier alpha value is -2.93. The van der Waals surface area contributed by atoms with E-state index in [1.807, 2.05) is 0 Å². The Kier molecular flexibility index (Phi) is 4.77. The van der Waals surface area contributed by atoms with E-state index in [0.717, 1.165) is 11.1 Å². The summed E-state index contributed by atoms with van der Waals surface area (Å²) in [4.78, 5) is 14.1. The van der Waals surface area contributed by atoms with E-state index in [1.54, 1.807) is 48.5 Å². The van der Waals surface area contributed by atoms with Crippen molar-refractivity contribution in [3.63, 3.8) is 0 Å². The number of rotatable bonds is 5. The normalized spacial score (nSPS) is 14.7. The fraction of sp³-hybridized carbons (Fsp3) is 0.190. The van der Waals surface area contributed by atoms with Crippen LogP contribution >= 0.6 is 0 Å². The first-order valence-corrected chi connectivity index (χ1v) is 10.5. The zero-order valence-corrected chi connectivity index (χ0v) is 15.7. The Morgan fingerprint density at radius 1 is 1.00 bits per heavy atom. The van der Waals surface area contributed by atoms with Gasteiger partial charge in [-0.2, -0.15) is 0 Å². The van der Waals surface area contributed by atoms with Crippen molar-refractivity contribution in [3.05, 3.63) is 84.1 Å². The number of hydrogen-bond acceptors (Lipinski definition) is 4. The Morgan fingerprint density at radius 3 is 2.18 bits per heavy atom. The molecule has 144 valence electrons. The molecule has 28 heavy (non-hydrogen) atoms. The van der Waals surface area contributed by atoms with E-state index in [4.69, 9.17) is 4.42 Å². The molecular weight excluding hydrogens is 381 g/mol. The van der Waals surface area contributed by atoms with Crippen molar-refractivity contribution in [1.82, 2.24) is 4.90 Å². The number of benzene rings is 2. The van der Waals surface area contributed by atoms with Gasteiger partial charge in [-0.3, -0.25) is 4.79 Å². The highest BCUT2D eigenvalue weighted by molar-refractivity contribution is 7.91. The summed E-state index contributed by atoms with van der Waals surface area (Å²) in [5, 5.41) is -0.569. The molecule has 1 amide bonds. The topological polar surface area (TPSA) is 67.6 Å². The maximum absolute atomic E-state index is 13.0. The van der Waals surface area contributed by atoms with E-state index in [0.29, 0.717) is 11.3 Å². The third-order valence-corrected chi connectivity index (χ3v) is 6.88. The molecule has 2 aromatic carbocycles. The van der Waals surface area contributed by atoms with Crippen LogP contribution in [0.4, 0.5) is 4.39 Å². The van der Waals surface area contributed by atoms with Gasteiger partial charge >= 0.3 is 0 Å². The van der Waals surface area contributed by atoms with Gasteiger partial charge in [-0.1, -0.05) is 24.3 Å². The predicted octanol–water partition coefficient (Wildman–Crippen LogP) is 3.53. The summed E-state index contributed by atoms with van der Waals surface area (Å²) in [6, 6.07) is 16.4. The number of hydrogen-bond donors (Lipinski definition) is 0. The molecular formula is C21H18FNO4S. The van der Waals surface area contributed by atoms with Gasteiger partial charge in [0, 0.05) is 18.7 Å². The number of sulfone groups is 1. The van der Waals surface area contributed by atoms with Crippen LogP contribution in [0.15, 0.2) is 71.3 Å². The molecule has 3 aromatic rings. The van der Waals surface area contributed by atoms with E-state index in [-0.39, 0.29) is 30.6 Å². The molecule has 1 saturated heterocycles. The molecule has 0 spiro atoms. The minimum absolute atomic E-state index is 0.154. The summed E-state index contributed by atoms with van der Waals surface area (Å²) in [7, 11) is -3.36. The monoisotopic (exact) mass is 399 g/mol. The number of carbonyl (C=O) groups is 1. The highest BCUT2D eigenvalue weighted by atomic mass is 32.2. The Bertz CT molecular complexity index is 1070. The van der Waals surface area contributed by atoms with E-state index < -0.39 is 15.1 Å². The summed E-state index contributed by atoms with van der Waals surface area (Å²) < 4.78 is 42.9. The number of furan rings is 1. The van der Waals surface area contributed by atoms with Gasteiger partial charge in [0.2, 0.25) is 0 Å². The SMILES string of the molecule is O=C(c1ccc(-c2ccc(F)cc2)cc1)N1CC(S(=O)(=O)Cc2ccco2)C1. The fourth-order valence-corrected chi connectivity index (χ4v) is 4.78. The summed E-state index contributed by atoms with van der Waals surface area (Å²) in [6.07, 6.45) is 1.44. The minimum Gasteiger partial charge on any atom is -0.468 e. The fourth-order valence-electron chi connectivity index (χ4n) is 3.17. The third kappa shape index (κ3) is 3.71. The quantitative estimate of drug-likeness (QED) is 0.658. The lowest BCUT2D eigenvalue weighted by Crippen LogP contribution is -2.57. The molecule has 4 rings (SSSR count). The summed E-state index contributed by atoms with van der Waals surface area (Å²) >= 11 is 0. The number of nitrogens with zero attached hydrogens (tertiary/aromatic N) is 1. The van der Waals surface area contributed by atoms with Crippen molar-refractivity contribution >= 4 is 15.7 Å². The first-order chi connectivity index (χ1) is 13.4. The zero-order valence-electron chi connectivity index (χ0n) is 14.9. The van der Waals surface area contributed by atoms with E-state index in [9.17, 15) is 17.6 Å². The van der Waals surface area contributed by atoms with Crippen LogP contribution in [-0.4, -0.2) is 37.6 Å². The summed E-state index contributed by atoms with van der Waals surface area (Å²) in [6.45, 7) is 0.364. The Balaban J connectivity index is 1.39. The van der Waals surface area contributed by atoms with Crippen molar-refractivity contribution in [3.8, 4) is 11.1 Å². The highest BCUT2D eigenvalue weighted by Crippen LogP contribution is 2.24. The molecule has 1 fully saturated rings. The molecule has 7 heteroatoms. The number of likely N-dealkylation sites (tertiary alicyclic amines) is 1. The molecule has 2 heterocycles.